The molecule has 0 radical (unpaired) electrons. The van der Waals surface area contributed by atoms with Gasteiger partial charge in [0.25, 0.3) is 0 Å². The number of carbonyl (C=O) groups is 1. The molecule has 0 aromatic carbocycles. The van der Waals surface area contributed by atoms with Crippen LogP contribution in [0.15, 0.2) is 11.0 Å². The first-order valence-corrected chi connectivity index (χ1v) is 5.30. The van der Waals surface area contributed by atoms with Gasteiger partial charge in [-0.2, -0.15) is 5.26 Å². The number of thiol groups is 1. The van der Waals surface area contributed by atoms with Crippen LogP contribution in [0.1, 0.15) is 34.6 Å². The molecule has 0 amide bonds. The molecular weight excluding hydrogens is 224 g/mol. The smallest absolute Gasteiger partial charge is 0.355 e. The molecular formula is C11H10N2O2S. The summed E-state index contributed by atoms with van der Waals surface area (Å²) in [5.74, 6) is -1.10. The third kappa shape index (κ3) is 1.55. The van der Waals surface area contributed by atoms with Crippen LogP contribution in [0.2, 0.25) is 0 Å². The summed E-state index contributed by atoms with van der Waals surface area (Å²) in [6.45, 7) is 1.73. The minimum absolute atomic E-state index is 0.0571. The summed E-state index contributed by atoms with van der Waals surface area (Å²) >= 11 is 4.10. The fourth-order valence-electron chi connectivity index (χ4n) is 1.80. The highest BCUT2D eigenvalue weighted by molar-refractivity contribution is 7.80. The van der Waals surface area contributed by atoms with Crippen molar-refractivity contribution in [1.29, 1.82) is 5.26 Å². The Balaban J connectivity index is 2.56. The maximum atomic E-state index is 10.8. The molecule has 16 heavy (non-hydrogen) atoms. The fraction of sp³-hybridized carbons (Fsp3) is 0.364. The lowest BCUT2D eigenvalue weighted by Gasteiger charge is -2.11. The SMILES string of the molecule is Cc1nc(C(=O)O)c(S)cc1C1(C#N)CC1. The van der Waals surface area contributed by atoms with Gasteiger partial charge in [0.2, 0.25) is 0 Å². The third-order valence-corrected chi connectivity index (χ3v) is 3.22. The zero-order chi connectivity index (χ0) is 11.9. The number of pyridine rings is 1. The van der Waals surface area contributed by atoms with Crippen LogP contribution in [0.25, 0.3) is 0 Å². The van der Waals surface area contributed by atoms with E-state index in [0.29, 0.717) is 10.6 Å². The minimum Gasteiger partial charge on any atom is -0.476 e. The summed E-state index contributed by atoms with van der Waals surface area (Å²) in [5.41, 5.74) is 0.906. The molecule has 2 rings (SSSR count). The van der Waals surface area contributed by atoms with Crippen molar-refractivity contribution >= 4 is 18.6 Å². The van der Waals surface area contributed by atoms with Gasteiger partial charge in [0, 0.05) is 10.6 Å². The van der Waals surface area contributed by atoms with Crippen LogP contribution in [-0.4, -0.2) is 16.1 Å². The number of nitrogens with zero attached hydrogens (tertiary/aromatic N) is 2. The van der Waals surface area contributed by atoms with E-state index in [1.54, 1.807) is 13.0 Å². The molecule has 1 aliphatic carbocycles. The van der Waals surface area contributed by atoms with Gasteiger partial charge in [0.05, 0.1) is 11.5 Å². The Morgan fingerprint density at radius 2 is 2.31 bits per heavy atom. The zero-order valence-corrected chi connectivity index (χ0v) is 9.58. The molecule has 0 aliphatic heterocycles. The molecule has 1 aromatic heterocycles. The van der Waals surface area contributed by atoms with Crippen molar-refractivity contribution in [2.45, 2.75) is 30.1 Å². The van der Waals surface area contributed by atoms with Crippen molar-refractivity contribution in [2.24, 2.45) is 0 Å². The van der Waals surface area contributed by atoms with Crippen molar-refractivity contribution in [3.05, 3.63) is 23.0 Å². The molecule has 4 nitrogen and oxygen atoms in total. The van der Waals surface area contributed by atoms with Crippen molar-refractivity contribution in [2.75, 3.05) is 0 Å². The van der Waals surface area contributed by atoms with Crippen LogP contribution in [0, 0.1) is 18.3 Å². The number of aryl methyl sites for hydroxylation is 1. The highest BCUT2D eigenvalue weighted by atomic mass is 32.1. The molecule has 0 spiro atoms. The van der Waals surface area contributed by atoms with Crippen molar-refractivity contribution in [1.82, 2.24) is 4.98 Å². The van der Waals surface area contributed by atoms with E-state index < -0.39 is 11.4 Å². The normalized spacial score (nSPS) is 16.6. The molecule has 0 saturated heterocycles. The van der Waals surface area contributed by atoms with Crippen molar-refractivity contribution in [3.8, 4) is 6.07 Å². The van der Waals surface area contributed by atoms with Gasteiger partial charge in [-0.05, 0) is 31.4 Å². The van der Waals surface area contributed by atoms with Gasteiger partial charge in [-0.15, -0.1) is 12.6 Å². The van der Waals surface area contributed by atoms with Crippen molar-refractivity contribution in [3.63, 3.8) is 0 Å². The summed E-state index contributed by atoms with van der Waals surface area (Å²) in [6.07, 6.45) is 1.62. The average molecular weight is 234 g/mol. The molecule has 1 heterocycles. The van der Waals surface area contributed by atoms with Gasteiger partial charge in [-0.1, -0.05) is 0 Å². The topological polar surface area (TPSA) is 74.0 Å². The molecule has 1 N–H and O–H groups in total. The molecule has 5 heteroatoms. The van der Waals surface area contributed by atoms with Crippen LogP contribution in [0.5, 0.6) is 0 Å². The van der Waals surface area contributed by atoms with Gasteiger partial charge < -0.3 is 5.11 Å². The number of aromatic nitrogens is 1. The fourth-order valence-corrected chi connectivity index (χ4v) is 2.08. The first-order valence-electron chi connectivity index (χ1n) is 4.86. The van der Waals surface area contributed by atoms with E-state index in [1.807, 2.05) is 0 Å². The highest BCUT2D eigenvalue weighted by Gasteiger charge is 2.46. The van der Waals surface area contributed by atoms with Crippen LogP contribution >= 0.6 is 12.6 Å². The van der Waals surface area contributed by atoms with E-state index in [4.69, 9.17) is 10.4 Å². The van der Waals surface area contributed by atoms with E-state index in [2.05, 4.69) is 23.7 Å². The van der Waals surface area contributed by atoms with Crippen molar-refractivity contribution < 1.29 is 9.90 Å². The van der Waals surface area contributed by atoms with Gasteiger partial charge in [0.1, 0.15) is 0 Å². The maximum Gasteiger partial charge on any atom is 0.355 e. The van der Waals surface area contributed by atoms with E-state index in [0.717, 1.165) is 18.4 Å². The number of carboxylic acids is 1. The maximum absolute atomic E-state index is 10.8. The predicted molar refractivity (Wildman–Crippen MR) is 59.7 cm³/mol. The van der Waals surface area contributed by atoms with Crippen LogP contribution in [0.4, 0.5) is 0 Å². The number of rotatable bonds is 2. The number of aromatic carboxylic acids is 1. The molecule has 0 bridgehead atoms. The monoisotopic (exact) mass is 234 g/mol. The second-order valence-electron chi connectivity index (χ2n) is 3.99. The summed E-state index contributed by atoms with van der Waals surface area (Å²) in [7, 11) is 0. The Kier molecular flexibility index (Phi) is 2.39. The Hall–Kier alpha value is -1.54. The highest BCUT2D eigenvalue weighted by Crippen LogP contribution is 2.48. The first kappa shape index (κ1) is 11.0. The molecule has 0 atom stereocenters. The molecule has 1 fully saturated rings. The van der Waals surface area contributed by atoms with E-state index in [9.17, 15) is 4.79 Å². The number of carboxylic acid groups (broad SMARTS) is 1. The van der Waals surface area contributed by atoms with Gasteiger partial charge in [-0.3, -0.25) is 0 Å². The van der Waals surface area contributed by atoms with Gasteiger partial charge in [0.15, 0.2) is 5.69 Å². The summed E-state index contributed by atoms with van der Waals surface area (Å²) in [5, 5.41) is 18.0. The van der Waals surface area contributed by atoms with E-state index >= 15 is 0 Å². The molecule has 1 aromatic rings. The van der Waals surface area contributed by atoms with E-state index in [1.165, 1.54) is 0 Å². The Bertz CT molecular complexity index is 515. The molecule has 1 saturated carbocycles. The molecule has 0 unspecified atom stereocenters. The Morgan fingerprint density at radius 3 is 2.75 bits per heavy atom. The predicted octanol–water partition coefficient (Wildman–Crippen LogP) is 1.93. The number of nitriles is 1. The average Bonchev–Trinajstić information content (AvgIpc) is 3.01. The summed E-state index contributed by atoms with van der Waals surface area (Å²) in [6, 6.07) is 3.92. The summed E-state index contributed by atoms with van der Waals surface area (Å²) < 4.78 is 0. The Labute approximate surface area is 98.3 Å². The van der Waals surface area contributed by atoms with Gasteiger partial charge in [-0.25, -0.2) is 9.78 Å². The van der Waals surface area contributed by atoms with Crippen LogP contribution in [0.3, 0.4) is 0 Å². The van der Waals surface area contributed by atoms with Crippen LogP contribution in [-0.2, 0) is 5.41 Å². The lowest BCUT2D eigenvalue weighted by atomic mass is 9.96. The quantitative estimate of drug-likeness (QED) is 0.767. The summed E-state index contributed by atoms with van der Waals surface area (Å²) in [4.78, 5) is 15.2. The zero-order valence-electron chi connectivity index (χ0n) is 8.69. The lowest BCUT2D eigenvalue weighted by Crippen LogP contribution is -2.11. The first-order chi connectivity index (χ1) is 7.50. The molecule has 1 aliphatic rings. The second kappa shape index (κ2) is 3.49. The Morgan fingerprint density at radius 1 is 1.69 bits per heavy atom. The molecule has 82 valence electrons. The second-order valence-corrected chi connectivity index (χ2v) is 4.47. The van der Waals surface area contributed by atoms with Crippen LogP contribution < -0.4 is 0 Å². The lowest BCUT2D eigenvalue weighted by molar-refractivity contribution is 0.0686. The largest absolute Gasteiger partial charge is 0.476 e. The standard InChI is InChI=1S/C11H10N2O2S/c1-6-7(11(5-12)2-3-11)4-8(16)9(13-6)10(14)15/h4,16H,2-3H2,1H3,(H,14,15). The third-order valence-electron chi connectivity index (χ3n) is 2.88. The number of hydrogen-bond acceptors (Lipinski definition) is 4. The number of hydrogen-bond donors (Lipinski definition) is 2. The van der Waals surface area contributed by atoms with Gasteiger partial charge >= 0.3 is 5.97 Å². The van der Waals surface area contributed by atoms with E-state index in [-0.39, 0.29) is 5.69 Å². The minimum atomic E-state index is -1.10.